The van der Waals surface area contributed by atoms with E-state index in [9.17, 15) is 13.2 Å². The Morgan fingerprint density at radius 1 is 1.26 bits per heavy atom. The molecule has 0 saturated carbocycles. The van der Waals surface area contributed by atoms with Gasteiger partial charge >= 0.3 is 6.18 Å². The van der Waals surface area contributed by atoms with E-state index in [1.807, 2.05) is 0 Å². The van der Waals surface area contributed by atoms with Gasteiger partial charge < -0.3 is 0 Å². The van der Waals surface area contributed by atoms with Crippen LogP contribution in [0.1, 0.15) is 10.7 Å². The average molecular weight is 445 g/mol. The summed E-state index contributed by atoms with van der Waals surface area (Å²) in [6, 6.07) is 1.49. The van der Waals surface area contributed by atoms with Gasteiger partial charge in [-0.1, -0.05) is 23.2 Å². The van der Waals surface area contributed by atoms with Crippen molar-refractivity contribution in [1.29, 1.82) is 0 Å². The Labute approximate surface area is 151 Å². The highest BCUT2D eigenvalue weighted by Gasteiger charge is 2.39. The number of thiazole rings is 1. The van der Waals surface area contributed by atoms with Gasteiger partial charge in [-0.2, -0.15) is 18.3 Å². The largest absolute Gasteiger partial charge is 0.434 e. The highest BCUT2D eigenvalue weighted by Crippen LogP contribution is 2.46. The number of hydrogen-bond donors (Lipinski definition) is 0. The van der Waals surface area contributed by atoms with Crippen molar-refractivity contribution in [2.45, 2.75) is 13.1 Å². The molecule has 2 aromatic heterocycles. The number of rotatable bonds is 1. The summed E-state index contributed by atoms with van der Waals surface area (Å²) in [6.07, 6.45) is -4.55. The van der Waals surface area contributed by atoms with Crippen molar-refractivity contribution in [1.82, 2.24) is 14.8 Å². The molecule has 0 unspecified atom stereocenters. The second-order valence-corrected chi connectivity index (χ2v) is 7.57. The summed E-state index contributed by atoms with van der Waals surface area (Å²) in [7, 11) is 1.23. The van der Waals surface area contributed by atoms with Crippen LogP contribution in [0.2, 0.25) is 10.0 Å². The molecule has 0 spiro atoms. The van der Waals surface area contributed by atoms with Crippen LogP contribution in [0, 0.1) is 6.92 Å². The molecule has 0 bridgehead atoms. The fraction of sp³-hybridized carbons (Fsp3) is 0.231. The van der Waals surface area contributed by atoms with Crippen molar-refractivity contribution in [3.8, 4) is 11.3 Å². The minimum absolute atomic E-state index is 0.0804. The standard InChI is InChI=1S/C13H7BrCl2F3N3S/c1-4-20-10-7(5(15)3-6(16)11(10)23-4)9-8(14)12(13(17,18)19)22(2)21-9/h3H,1-2H3. The molecule has 3 aromatic rings. The predicted molar refractivity (Wildman–Crippen MR) is 89.3 cm³/mol. The zero-order valence-corrected chi connectivity index (χ0v) is 15.5. The van der Waals surface area contributed by atoms with Gasteiger partial charge in [0, 0.05) is 12.6 Å². The number of fused-ring (bicyclic) bond motifs is 1. The molecule has 0 saturated heterocycles. The second kappa shape index (κ2) is 5.61. The molecule has 0 aliphatic heterocycles. The summed E-state index contributed by atoms with van der Waals surface area (Å²) in [5.74, 6) is 0. The van der Waals surface area contributed by atoms with Crippen molar-refractivity contribution >= 4 is 60.7 Å². The van der Waals surface area contributed by atoms with E-state index >= 15 is 0 Å². The number of halogens is 6. The number of aryl methyl sites for hydroxylation is 2. The van der Waals surface area contributed by atoms with Gasteiger partial charge in [-0.15, -0.1) is 11.3 Å². The van der Waals surface area contributed by atoms with Gasteiger partial charge in [0.05, 0.1) is 29.7 Å². The minimum Gasteiger partial charge on any atom is -0.262 e. The molecule has 0 radical (unpaired) electrons. The summed E-state index contributed by atoms with van der Waals surface area (Å²) in [5.41, 5.74) is -0.0404. The van der Waals surface area contributed by atoms with E-state index in [2.05, 4.69) is 26.0 Å². The van der Waals surface area contributed by atoms with Crippen LogP contribution >= 0.6 is 50.5 Å². The van der Waals surface area contributed by atoms with Crippen molar-refractivity contribution in [2.75, 3.05) is 0 Å². The first kappa shape index (κ1) is 17.0. The van der Waals surface area contributed by atoms with Gasteiger partial charge in [0.1, 0.15) is 5.69 Å². The predicted octanol–water partition coefficient (Wildman–Crippen LogP) is 6.09. The highest BCUT2D eigenvalue weighted by atomic mass is 79.9. The summed E-state index contributed by atoms with van der Waals surface area (Å²) in [6.45, 7) is 1.79. The van der Waals surface area contributed by atoms with E-state index in [0.29, 0.717) is 20.8 Å². The SMILES string of the molecule is Cc1nc2c(-c3nn(C)c(C(F)(F)F)c3Br)c(Cl)cc(Cl)c2s1. The summed E-state index contributed by atoms with van der Waals surface area (Å²) >= 11 is 16.7. The molecule has 0 amide bonds. The molecule has 23 heavy (non-hydrogen) atoms. The van der Waals surface area contributed by atoms with E-state index in [0.717, 1.165) is 9.69 Å². The lowest BCUT2D eigenvalue weighted by molar-refractivity contribution is -0.144. The fourth-order valence-electron chi connectivity index (χ4n) is 2.31. The smallest absolute Gasteiger partial charge is 0.262 e. The Morgan fingerprint density at radius 3 is 2.48 bits per heavy atom. The highest BCUT2D eigenvalue weighted by molar-refractivity contribution is 9.10. The van der Waals surface area contributed by atoms with Crippen molar-refractivity contribution < 1.29 is 13.2 Å². The van der Waals surface area contributed by atoms with Crippen LogP contribution in [0.25, 0.3) is 21.5 Å². The van der Waals surface area contributed by atoms with Crippen LogP contribution in [0.4, 0.5) is 13.2 Å². The first-order valence-corrected chi connectivity index (χ1v) is 8.53. The van der Waals surface area contributed by atoms with E-state index in [-0.39, 0.29) is 15.2 Å². The summed E-state index contributed by atoms with van der Waals surface area (Å²) < 4.78 is 40.7. The Bertz CT molecular complexity index is 933. The van der Waals surface area contributed by atoms with Crippen LogP contribution in [0.5, 0.6) is 0 Å². The maximum Gasteiger partial charge on any atom is 0.434 e. The lowest BCUT2D eigenvalue weighted by atomic mass is 10.1. The molecule has 0 fully saturated rings. The monoisotopic (exact) mass is 443 g/mol. The lowest BCUT2D eigenvalue weighted by Gasteiger charge is -2.07. The third-order valence-corrected chi connectivity index (χ3v) is 5.64. The Kier molecular flexibility index (Phi) is 4.15. The lowest BCUT2D eigenvalue weighted by Crippen LogP contribution is -2.12. The Balaban J connectivity index is 2.39. The average Bonchev–Trinajstić information content (AvgIpc) is 2.90. The molecule has 1 aromatic carbocycles. The molecule has 122 valence electrons. The number of alkyl halides is 3. The molecule has 3 rings (SSSR count). The topological polar surface area (TPSA) is 30.7 Å². The molecule has 0 aliphatic rings. The van der Waals surface area contributed by atoms with E-state index in [1.54, 1.807) is 6.92 Å². The van der Waals surface area contributed by atoms with Crippen LogP contribution in [0.15, 0.2) is 10.5 Å². The Morgan fingerprint density at radius 2 is 1.91 bits per heavy atom. The third kappa shape index (κ3) is 2.75. The fourth-order valence-corrected chi connectivity index (χ4v) is 4.56. The van der Waals surface area contributed by atoms with E-state index in [1.165, 1.54) is 24.5 Å². The number of hydrogen-bond acceptors (Lipinski definition) is 3. The van der Waals surface area contributed by atoms with Gasteiger partial charge in [0.15, 0.2) is 5.69 Å². The van der Waals surface area contributed by atoms with E-state index in [4.69, 9.17) is 23.2 Å². The molecular formula is C13H7BrCl2F3N3S. The molecule has 2 heterocycles. The number of nitrogens with zero attached hydrogens (tertiary/aromatic N) is 3. The van der Waals surface area contributed by atoms with Gasteiger partial charge in [-0.05, 0) is 28.9 Å². The van der Waals surface area contributed by atoms with Gasteiger partial charge in [-0.3, -0.25) is 4.68 Å². The quantitative estimate of drug-likeness (QED) is 0.454. The van der Waals surface area contributed by atoms with Gasteiger partial charge in [-0.25, -0.2) is 4.98 Å². The van der Waals surface area contributed by atoms with Crippen molar-refractivity contribution in [3.63, 3.8) is 0 Å². The first-order valence-electron chi connectivity index (χ1n) is 6.16. The number of aromatic nitrogens is 3. The number of benzene rings is 1. The molecule has 0 aliphatic carbocycles. The zero-order valence-electron chi connectivity index (χ0n) is 11.6. The van der Waals surface area contributed by atoms with Crippen LogP contribution < -0.4 is 0 Å². The minimum atomic E-state index is -4.55. The molecule has 10 heteroatoms. The van der Waals surface area contributed by atoms with Crippen LogP contribution in [-0.4, -0.2) is 14.8 Å². The molecule has 0 N–H and O–H groups in total. The maximum atomic E-state index is 13.2. The molecular weight excluding hydrogens is 438 g/mol. The first-order chi connectivity index (χ1) is 10.6. The second-order valence-electron chi connectivity index (χ2n) is 4.76. The Hall–Kier alpha value is -0.830. The van der Waals surface area contributed by atoms with Crippen LogP contribution in [0.3, 0.4) is 0 Å². The van der Waals surface area contributed by atoms with Crippen molar-refractivity contribution in [3.05, 3.63) is 31.3 Å². The molecule has 0 atom stereocenters. The summed E-state index contributed by atoms with van der Waals surface area (Å²) in [5, 5.41) is 5.31. The third-order valence-electron chi connectivity index (χ3n) is 3.17. The normalized spacial score (nSPS) is 12.3. The van der Waals surface area contributed by atoms with Crippen molar-refractivity contribution in [2.24, 2.45) is 7.05 Å². The maximum absolute atomic E-state index is 13.2. The van der Waals surface area contributed by atoms with Gasteiger partial charge in [0.2, 0.25) is 0 Å². The summed E-state index contributed by atoms with van der Waals surface area (Å²) in [4.78, 5) is 4.35. The van der Waals surface area contributed by atoms with Crippen LogP contribution in [-0.2, 0) is 13.2 Å². The van der Waals surface area contributed by atoms with E-state index < -0.39 is 11.9 Å². The molecule has 3 nitrogen and oxygen atoms in total. The zero-order chi connectivity index (χ0) is 17.1. The van der Waals surface area contributed by atoms with Gasteiger partial charge in [0.25, 0.3) is 0 Å².